The molecule has 8 nitrogen and oxygen atoms in total. The zero-order valence-electron chi connectivity index (χ0n) is 13.8. The van der Waals surface area contributed by atoms with Crippen LogP contribution in [0.1, 0.15) is 10.4 Å². The molecule has 0 radical (unpaired) electrons. The molecule has 1 saturated heterocycles. The van der Waals surface area contributed by atoms with E-state index in [0.29, 0.717) is 30.1 Å². The molecule has 25 heavy (non-hydrogen) atoms. The van der Waals surface area contributed by atoms with Crippen molar-refractivity contribution in [2.24, 2.45) is 0 Å². The van der Waals surface area contributed by atoms with Crippen LogP contribution in [0.2, 0.25) is 0 Å². The number of sulfonamides is 1. The highest BCUT2D eigenvalue weighted by Gasteiger charge is 2.27. The summed E-state index contributed by atoms with van der Waals surface area (Å²) in [6.45, 7) is 1.12. The van der Waals surface area contributed by atoms with E-state index in [4.69, 9.17) is 4.74 Å². The fraction of sp³-hybridized carbons (Fsp3) is 0.375. The molecule has 0 bridgehead atoms. The average molecular weight is 364 g/mol. The van der Waals surface area contributed by atoms with E-state index in [0.717, 1.165) is 0 Å². The van der Waals surface area contributed by atoms with E-state index in [1.165, 1.54) is 10.6 Å². The Morgan fingerprint density at radius 1 is 1.44 bits per heavy atom. The zero-order chi connectivity index (χ0) is 17.9. The van der Waals surface area contributed by atoms with Crippen LogP contribution in [0.3, 0.4) is 0 Å². The molecule has 0 unspecified atom stereocenters. The highest BCUT2D eigenvalue weighted by Crippen LogP contribution is 2.19. The molecule has 2 heterocycles. The van der Waals surface area contributed by atoms with Crippen molar-refractivity contribution < 1.29 is 17.9 Å². The van der Waals surface area contributed by atoms with E-state index in [2.05, 4.69) is 15.3 Å². The van der Waals surface area contributed by atoms with E-state index >= 15 is 0 Å². The van der Waals surface area contributed by atoms with Crippen LogP contribution in [-0.4, -0.2) is 67.2 Å². The molecule has 0 saturated carbocycles. The Balaban J connectivity index is 1.66. The van der Waals surface area contributed by atoms with Gasteiger partial charge in [-0.2, -0.15) is 4.31 Å². The Labute approximate surface area is 146 Å². The first-order valence-electron chi connectivity index (χ1n) is 7.89. The summed E-state index contributed by atoms with van der Waals surface area (Å²) in [5.41, 5.74) is 1.19. The van der Waals surface area contributed by atoms with Crippen molar-refractivity contribution >= 4 is 15.9 Å². The van der Waals surface area contributed by atoms with Crippen LogP contribution in [0, 0.1) is 0 Å². The van der Waals surface area contributed by atoms with Crippen LogP contribution in [0.25, 0.3) is 11.4 Å². The number of ether oxygens (including phenoxy) is 1. The Morgan fingerprint density at radius 3 is 2.96 bits per heavy atom. The molecular weight excluding hydrogens is 344 g/mol. The number of H-pyrrole nitrogens is 1. The first-order valence-corrected chi connectivity index (χ1v) is 9.73. The third kappa shape index (κ3) is 4.25. The molecule has 134 valence electrons. The van der Waals surface area contributed by atoms with Gasteiger partial charge in [-0.05, 0) is 6.07 Å². The lowest BCUT2D eigenvalue weighted by Gasteiger charge is -2.31. The largest absolute Gasteiger partial charge is 0.374 e. The maximum absolute atomic E-state index is 12.5. The first kappa shape index (κ1) is 17.6. The van der Waals surface area contributed by atoms with Crippen LogP contribution in [0.4, 0.5) is 0 Å². The number of rotatable bonds is 5. The summed E-state index contributed by atoms with van der Waals surface area (Å²) in [6, 6.07) is 7.15. The van der Waals surface area contributed by atoms with Crippen molar-refractivity contribution in [1.29, 1.82) is 0 Å². The van der Waals surface area contributed by atoms with Gasteiger partial charge in [0, 0.05) is 37.6 Å². The first-order chi connectivity index (χ1) is 11.9. The number of aromatic nitrogens is 2. The maximum Gasteiger partial charge on any atom is 0.252 e. The highest BCUT2D eigenvalue weighted by molar-refractivity contribution is 7.88. The van der Waals surface area contributed by atoms with Crippen LogP contribution in [0.5, 0.6) is 0 Å². The van der Waals surface area contributed by atoms with E-state index < -0.39 is 10.0 Å². The number of carbonyl (C=O) groups is 1. The van der Waals surface area contributed by atoms with E-state index in [1.54, 1.807) is 24.5 Å². The van der Waals surface area contributed by atoms with Gasteiger partial charge in [-0.15, -0.1) is 0 Å². The number of morpholine rings is 1. The molecule has 9 heteroatoms. The molecule has 3 rings (SSSR count). The van der Waals surface area contributed by atoms with Gasteiger partial charge in [-0.3, -0.25) is 4.79 Å². The predicted octanol–water partition coefficient (Wildman–Crippen LogP) is 0.467. The van der Waals surface area contributed by atoms with Crippen molar-refractivity contribution in [3.63, 3.8) is 0 Å². The lowest BCUT2D eigenvalue weighted by molar-refractivity contribution is 0.000441. The Kier molecular flexibility index (Phi) is 5.16. The normalized spacial score (nSPS) is 18.8. The Hall–Kier alpha value is -2.23. The quantitative estimate of drug-likeness (QED) is 0.802. The van der Waals surface area contributed by atoms with Gasteiger partial charge >= 0.3 is 0 Å². The molecule has 0 aliphatic carbocycles. The minimum atomic E-state index is -3.26. The summed E-state index contributed by atoms with van der Waals surface area (Å²) in [5, 5.41) is 2.82. The zero-order valence-corrected chi connectivity index (χ0v) is 14.6. The average Bonchev–Trinajstić information content (AvgIpc) is 3.14. The Bertz CT molecular complexity index is 836. The molecule has 2 aromatic rings. The van der Waals surface area contributed by atoms with Crippen molar-refractivity contribution in [2.45, 2.75) is 6.10 Å². The number of imidazole rings is 1. The smallest absolute Gasteiger partial charge is 0.252 e. The van der Waals surface area contributed by atoms with Gasteiger partial charge in [0.1, 0.15) is 5.82 Å². The second kappa shape index (κ2) is 7.34. The van der Waals surface area contributed by atoms with E-state index in [9.17, 15) is 13.2 Å². The fourth-order valence-corrected chi connectivity index (χ4v) is 3.56. The summed E-state index contributed by atoms with van der Waals surface area (Å²) < 4.78 is 30.2. The molecule has 2 N–H and O–H groups in total. The van der Waals surface area contributed by atoms with Crippen LogP contribution < -0.4 is 5.32 Å². The number of aromatic amines is 1. The third-order valence-corrected chi connectivity index (χ3v) is 5.26. The van der Waals surface area contributed by atoms with Gasteiger partial charge in [-0.25, -0.2) is 13.4 Å². The standard InChI is InChI=1S/C16H20N4O4S/c1-25(22,23)20-8-9-24-12(11-20)10-19-16(21)14-5-3-2-4-13(14)15-17-6-7-18-15/h2-7,12H,8-11H2,1H3,(H,17,18)(H,19,21)/t12-/m0/s1. The SMILES string of the molecule is CS(=O)(=O)N1CCO[C@@H](CNC(=O)c2ccccc2-c2ncc[nH]2)C1. The summed E-state index contributed by atoms with van der Waals surface area (Å²) in [4.78, 5) is 19.7. The maximum atomic E-state index is 12.5. The predicted molar refractivity (Wildman–Crippen MR) is 92.5 cm³/mol. The molecule has 1 aliphatic rings. The Morgan fingerprint density at radius 2 is 2.24 bits per heavy atom. The van der Waals surface area contributed by atoms with Gasteiger partial charge in [0.2, 0.25) is 10.0 Å². The number of carbonyl (C=O) groups excluding carboxylic acids is 1. The molecule has 1 aromatic heterocycles. The summed E-state index contributed by atoms with van der Waals surface area (Å²) in [7, 11) is -3.26. The van der Waals surface area contributed by atoms with Gasteiger partial charge in [0.15, 0.2) is 0 Å². The fourth-order valence-electron chi connectivity index (χ4n) is 2.72. The molecule has 1 fully saturated rings. The second-order valence-corrected chi connectivity index (χ2v) is 7.79. The monoisotopic (exact) mass is 364 g/mol. The van der Waals surface area contributed by atoms with Gasteiger partial charge in [0.25, 0.3) is 5.91 Å². The number of benzene rings is 1. The van der Waals surface area contributed by atoms with Crippen LogP contribution >= 0.6 is 0 Å². The minimum absolute atomic E-state index is 0.233. The number of nitrogens with zero attached hydrogens (tertiary/aromatic N) is 2. The second-order valence-electron chi connectivity index (χ2n) is 5.81. The van der Waals surface area contributed by atoms with Gasteiger partial charge in [-0.1, -0.05) is 18.2 Å². The van der Waals surface area contributed by atoms with Gasteiger partial charge < -0.3 is 15.0 Å². The molecule has 1 atom stereocenters. The van der Waals surface area contributed by atoms with Gasteiger partial charge in [0.05, 0.1) is 24.5 Å². The number of amides is 1. The van der Waals surface area contributed by atoms with E-state index in [1.807, 2.05) is 12.1 Å². The minimum Gasteiger partial charge on any atom is -0.374 e. The lowest BCUT2D eigenvalue weighted by atomic mass is 10.1. The topological polar surface area (TPSA) is 104 Å². The molecule has 0 spiro atoms. The summed E-state index contributed by atoms with van der Waals surface area (Å²) in [6.07, 6.45) is 4.12. The van der Waals surface area contributed by atoms with E-state index in [-0.39, 0.29) is 25.1 Å². The summed E-state index contributed by atoms with van der Waals surface area (Å²) >= 11 is 0. The van der Waals surface area contributed by atoms with Crippen molar-refractivity contribution in [1.82, 2.24) is 19.6 Å². The van der Waals surface area contributed by atoms with Crippen LogP contribution in [-0.2, 0) is 14.8 Å². The third-order valence-electron chi connectivity index (χ3n) is 3.99. The molecular formula is C16H20N4O4S. The van der Waals surface area contributed by atoms with Crippen LogP contribution in [0.15, 0.2) is 36.7 Å². The molecule has 1 aromatic carbocycles. The lowest BCUT2D eigenvalue weighted by Crippen LogP contribution is -2.49. The number of nitrogens with one attached hydrogen (secondary N) is 2. The highest BCUT2D eigenvalue weighted by atomic mass is 32.2. The molecule has 1 aliphatic heterocycles. The van der Waals surface area contributed by atoms with Crippen molar-refractivity contribution in [3.8, 4) is 11.4 Å². The van der Waals surface area contributed by atoms with Crippen molar-refractivity contribution in [2.75, 3.05) is 32.5 Å². The summed E-state index contributed by atoms with van der Waals surface area (Å²) in [5.74, 6) is 0.356. The number of hydrogen-bond acceptors (Lipinski definition) is 5. The molecule has 1 amide bonds. The van der Waals surface area contributed by atoms with Crippen molar-refractivity contribution in [3.05, 3.63) is 42.2 Å². The number of hydrogen-bond donors (Lipinski definition) is 2.